The number of carbonyl (C=O) groups excluding carboxylic acids is 4. The molecule has 2 fully saturated rings. The van der Waals surface area contributed by atoms with Crippen molar-refractivity contribution in [3.05, 3.63) is 65.2 Å². The number of ether oxygens (including phenoxy) is 1. The zero-order valence-electron chi connectivity index (χ0n) is 18.0. The molecule has 0 unspecified atom stereocenters. The molecule has 3 atom stereocenters. The Labute approximate surface area is 189 Å². The van der Waals surface area contributed by atoms with Gasteiger partial charge in [-0.05, 0) is 25.5 Å². The SMILES string of the molecule is COC(=O)[C@]1(C2(O)C(=O)c3ccccc3C2=O)C[C@@]2(C(=O)Nc3ccccc32)N2CCC[C@@H]21. The molecule has 3 aliphatic heterocycles. The molecule has 0 aromatic heterocycles. The number of Topliss-reactive ketones (excluding diaryl/α,β-unsaturated/α-hetero) is 2. The van der Waals surface area contributed by atoms with Gasteiger partial charge < -0.3 is 15.2 Å². The summed E-state index contributed by atoms with van der Waals surface area (Å²) in [5.41, 5.74) is -4.46. The lowest BCUT2D eigenvalue weighted by Crippen LogP contribution is -2.64. The average Bonchev–Trinajstić information content (AvgIpc) is 3.55. The fourth-order valence-corrected chi connectivity index (χ4v) is 6.80. The number of fused-ring (bicyclic) bond motifs is 5. The third-order valence-corrected chi connectivity index (χ3v) is 8.11. The molecular weight excluding hydrogens is 424 g/mol. The summed E-state index contributed by atoms with van der Waals surface area (Å²) < 4.78 is 5.18. The van der Waals surface area contributed by atoms with Gasteiger partial charge in [-0.15, -0.1) is 0 Å². The number of rotatable bonds is 2. The standard InChI is InChI=1S/C25H22N2O6/c1-33-22(31)23(25(32)19(28)14-7-2-3-8-15(14)20(25)29)13-24(27-12-6-11-18(23)27)16-9-4-5-10-17(16)26-21(24)30/h2-5,7-10,18,32H,6,11-13H2,1H3,(H,26,30)/t18-,23+,24-/m1/s1. The Morgan fingerprint density at radius 3 is 2.36 bits per heavy atom. The van der Waals surface area contributed by atoms with E-state index >= 15 is 0 Å². The molecule has 3 heterocycles. The molecule has 1 spiro atoms. The lowest BCUT2D eigenvalue weighted by molar-refractivity contribution is -0.165. The minimum Gasteiger partial charge on any atom is -0.468 e. The summed E-state index contributed by atoms with van der Waals surface area (Å²) in [5.74, 6) is -2.82. The van der Waals surface area contributed by atoms with Gasteiger partial charge in [0.05, 0.1) is 7.11 Å². The molecule has 2 saturated heterocycles. The topological polar surface area (TPSA) is 113 Å². The van der Waals surface area contributed by atoms with Crippen LogP contribution in [-0.4, -0.2) is 58.7 Å². The number of para-hydroxylation sites is 1. The number of anilines is 1. The van der Waals surface area contributed by atoms with E-state index in [-0.39, 0.29) is 23.5 Å². The predicted molar refractivity (Wildman–Crippen MR) is 116 cm³/mol. The highest BCUT2D eigenvalue weighted by Gasteiger charge is 2.80. The number of carbonyl (C=O) groups is 4. The summed E-state index contributed by atoms with van der Waals surface area (Å²) in [6.45, 7) is 0.483. The van der Waals surface area contributed by atoms with E-state index in [4.69, 9.17) is 4.74 Å². The number of hydrogen-bond acceptors (Lipinski definition) is 7. The lowest BCUT2D eigenvalue weighted by Gasteiger charge is -2.41. The minimum absolute atomic E-state index is 0.0787. The fraction of sp³-hybridized carbons (Fsp3) is 0.360. The molecule has 4 aliphatic rings. The maximum absolute atomic E-state index is 13.7. The third-order valence-electron chi connectivity index (χ3n) is 8.11. The highest BCUT2D eigenvalue weighted by molar-refractivity contribution is 6.34. The molecule has 33 heavy (non-hydrogen) atoms. The molecule has 2 aromatic rings. The third kappa shape index (κ3) is 2.05. The zero-order chi connectivity index (χ0) is 23.2. The number of amides is 1. The van der Waals surface area contributed by atoms with Crippen molar-refractivity contribution in [2.45, 2.75) is 36.4 Å². The number of nitrogens with one attached hydrogen (secondary N) is 1. The van der Waals surface area contributed by atoms with Crippen molar-refractivity contribution in [3.63, 3.8) is 0 Å². The van der Waals surface area contributed by atoms with Gasteiger partial charge in [-0.25, -0.2) is 0 Å². The minimum atomic E-state index is -2.67. The Hall–Kier alpha value is -3.36. The Bertz CT molecular complexity index is 1240. The number of aliphatic hydroxyl groups is 1. The second-order valence-electron chi connectivity index (χ2n) is 9.27. The average molecular weight is 446 g/mol. The first-order valence-corrected chi connectivity index (χ1v) is 11.0. The summed E-state index contributed by atoms with van der Waals surface area (Å²) in [6, 6.07) is 12.7. The Morgan fingerprint density at radius 2 is 1.70 bits per heavy atom. The second kappa shape index (κ2) is 6.36. The number of hydrogen-bond donors (Lipinski definition) is 2. The van der Waals surface area contributed by atoms with Gasteiger partial charge in [0.15, 0.2) is 0 Å². The van der Waals surface area contributed by atoms with Gasteiger partial charge in [-0.2, -0.15) is 0 Å². The Kier molecular flexibility index (Phi) is 3.91. The number of nitrogens with zero attached hydrogens (tertiary/aromatic N) is 1. The number of esters is 1. The van der Waals surface area contributed by atoms with E-state index in [1.807, 2.05) is 11.0 Å². The van der Waals surface area contributed by atoms with E-state index in [0.29, 0.717) is 30.6 Å². The van der Waals surface area contributed by atoms with Crippen LogP contribution < -0.4 is 5.32 Å². The molecule has 0 radical (unpaired) electrons. The maximum atomic E-state index is 13.7. The summed E-state index contributed by atoms with van der Waals surface area (Å²) in [6.07, 6.45) is 0.847. The molecule has 0 bridgehead atoms. The molecule has 2 aromatic carbocycles. The Morgan fingerprint density at radius 1 is 1.06 bits per heavy atom. The van der Waals surface area contributed by atoms with Crippen LogP contribution in [0.4, 0.5) is 5.69 Å². The van der Waals surface area contributed by atoms with Crippen LogP contribution in [0.2, 0.25) is 0 Å². The number of ketones is 2. The van der Waals surface area contributed by atoms with E-state index in [1.54, 1.807) is 30.3 Å². The largest absolute Gasteiger partial charge is 0.468 e. The van der Waals surface area contributed by atoms with Gasteiger partial charge in [-0.1, -0.05) is 42.5 Å². The van der Waals surface area contributed by atoms with Gasteiger partial charge in [0.25, 0.3) is 0 Å². The predicted octanol–water partition coefficient (Wildman–Crippen LogP) is 1.67. The van der Waals surface area contributed by atoms with Crippen molar-refractivity contribution >= 4 is 29.1 Å². The molecule has 8 heteroatoms. The van der Waals surface area contributed by atoms with Crippen LogP contribution in [0.1, 0.15) is 45.5 Å². The van der Waals surface area contributed by atoms with E-state index < -0.39 is 40.1 Å². The number of methoxy groups -OCH3 is 1. The van der Waals surface area contributed by atoms with Crippen molar-refractivity contribution in [3.8, 4) is 0 Å². The first-order chi connectivity index (χ1) is 15.8. The van der Waals surface area contributed by atoms with Crippen molar-refractivity contribution < 1.29 is 29.0 Å². The maximum Gasteiger partial charge on any atom is 0.317 e. The molecule has 168 valence electrons. The number of benzene rings is 2. The zero-order valence-corrected chi connectivity index (χ0v) is 18.0. The lowest BCUT2D eigenvalue weighted by atomic mass is 9.61. The second-order valence-corrected chi connectivity index (χ2v) is 9.27. The van der Waals surface area contributed by atoms with E-state index in [1.165, 1.54) is 19.2 Å². The molecule has 1 amide bonds. The van der Waals surface area contributed by atoms with Crippen molar-refractivity contribution in [1.29, 1.82) is 0 Å². The first-order valence-electron chi connectivity index (χ1n) is 11.0. The van der Waals surface area contributed by atoms with E-state index in [2.05, 4.69) is 5.32 Å². The van der Waals surface area contributed by atoms with Crippen LogP contribution in [0, 0.1) is 5.41 Å². The monoisotopic (exact) mass is 446 g/mol. The molecule has 6 rings (SSSR count). The van der Waals surface area contributed by atoms with Crippen LogP contribution in [0.3, 0.4) is 0 Å². The van der Waals surface area contributed by atoms with Crippen LogP contribution in [0.5, 0.6) is 0 Å². The first kappa shape index (κ1) is 20.3. The molecule has 1 aliphatic carbocycles. The molecule has 0 saturated carbocycles. The quantitative estimate of drug-likeness (QED) is 0.533. The normalized spacial score (nSPS) is 31.5. The Balaban J connectivity index is 1.63. The summed E-state index contributed by atoms with van der Waals surface area (Å²) in [7, 11) is 1.18. The van der Waals surface area contributed by atoms with Crippen LogP contribution >= 0.6 is 0 Å². The van der Waals surface area contributed by atoms with Crippen molar-refractivity contribution in [2.75, 3.05) is 19.0 Å². The summed E-state index contributed by atoms with van der Waals surface area (Å²) in [5, 5.41) is 15.0. The van der Waals surface area contributed by atoms with Gasteiger partial charge in [-0.3, -0.25) is 24.1 Å². The van der Waals surface area contributed by atoms with E-state index in [0.717, 1.165) is 0 Å². The summed E-state index contributed by atoms with van der Waals surface area (Å²) >= 11 is 0. The van der Waals surface area contributed by atoms with Gasteiger partial charge in [0, 0.05) is 34.8 Å². The van der Waals surface area contributed by atoms with Gasteiger partial charge in [0.2, 0.25) is 23.1 Å². The van der Waals surface area contributed by atoms with Crippen LogP contribution in [0.15, 0.2) is 48.5 Å². The fourth-order valence-electron chi connectivity index (χ4n) is 6.80. The highest BCUT2D eigenvalue weighted by atomic mass is 16.5. The van der Waals surface area contributed by atoms with Gasteiger partial charge >= 0.3 is 5.97 Å². The van der Waals surface area contributed by atoms with Crippen LogP contribution in [0.25, 0.3) is 0 Å². The molecule has 2 N–H and O–H groups in total. The highest BCUT2D eigenvalue weighted by Crippen LogP contribution is 2.64. The smallest absolute Gasteiger partial charge is 0.317 e. The summed E-state index contributed by atoms with van der Waals surface area (Å²) in [4.78, 5) is 56.4. The van der Waals surface area contributed by atoms with E-state index in [9.17, 15) is 24.3 Å². The van der Waals surface area contributed by atoms with Gasteiger partial charge in [0.1, 0.15) is 11.0 Å². The molecule has 8 nitrogen and oxygen atoms in total. The molecular formula is C25H22N2O6. The van der Waals surface area contributed by atoms with Crippen molar-refractivity contribution in [1.82, 2.24) is 4.90 Å². The van der Waals surface area contributed by atoms with Crippen molar-refractivity contribution in [2.24, 2.45) is 5.41 Å². The van der Waals surface area contributed by atoms with Crippen LogP contribution in [-0.2, 0) is 19.9 Å².